The number of fused-ring (bicyclic) bond motifs is 1. The minimum atomic E-state index is -3.88. The Morgan fingerprint density at radius 3 is 2.73 bits per heavy atom. The first-order chi connectivity index (χ1) is 12.2. The Morgan fingerprint density at radius 1 is 1.35 bits per heavy atom. The van der Waals surface area contributed by atoms with E-state index in [-0.39, 0.29) is 10.8 Å². The highest BCUT2D eigenvalue weighted by atomic mass is 32.2. The van der Waals surface area contributed by atoms with Crippen LogP contribution in [0.15, 0.2) is 29.2 Å². The Morgan fingerprint density at radius 2 is 2.08 bits per heavy atom. The van der Waals surface area contributed by atoms with E-state index in [1.807, 2.05) is 6.92 Å². The van der Waals surface area contributed by atoms with Gasteiger partial charge in [-0.05, 0) is 37.1 Å². The number of primary sulfonamides is 1. The van der Waals surface area contributed by atoms with Crippen molar-refractivity contribution in [3.8, 4) is 0 Å². The number of amides is 1. The molecule has 1 amide bonds. The fourth-order valence-corrected chi connectivity index (χ4v) is 3.55. The predicted octanol–water partition coefficient (Wildman–Crippen LogP) is 0.938. The van der Waals surface area contributed by atoms with E-state index in [2.05, 4.69) is 5.10 Å². The van der Waals surface area contributed by atoms with E-state index >= 15 is 0 Å². The van der Waals surface area contributed by atoms with E-state index in [1.54, 1.807) is 28.6 Å². The number of sulfonamides is 1. The van der Waals surface area contributed by atoms with Crippen molar-refractivity contribution >= 4 is 15.9 Å². The summed E-state index contributed by atoms with van der Waals surface area (Å²) in [5.74, 6) is -0.252. The maximum atomic E-state index is 12.9. The zero-order chi connectivity index (χ0) is 19.1. The lowest BCUT2D eigenvalue weighted by atomic mass is 10.1. The van der Waals surface area contributed by atoms with Crippen LogP contribution in [0.25, 0.3) is 0 Å². The van der Waals surface area contributed by atoms with E-state index in [0.29, 0.717) is 42.9 Å². The minimum absolute atomic E-state index is 0.0816. The van der Waals surface area contributed by atoms with Crippen LogP contribution in [0.5, 0.6) is 0 Å². The van der Waals surface area contributed by atoms with Gasteiger partial charge in [0.05, 0.1) is 35.5 Å². The quantitative estimate of drug-likeness (QED) is 0.821. The van der Waals surface area contributed by atoms with Crippen molar-refractivity contribution in [1.29, 1.82) is 0 Å². The molecule has 2 heterocycles. The first-order valence-electron chi connectivity index (χ1n) is 8.38. The third kappa shape index (κ3) is 3.50. The monoisotopic (exact) mass is 378 g/mol. The molecule has 1 aliphatic heterocycles. The maximum absolute atomic E-state index is 12.9. The lowest BCUT2D eigenvalue weighted by Gasteiger charge is -2.28. The van der Waals surface area contributed by atoms with Gasteiger partial charge in [0.2, 0.25) is 10.0 Å². The van der Waals surface area contributed by atoms with Gasteiger partial charge in [-0.3, -0.25) is 9.48 Å². The number of carbonyl (C=O) groups is 1. The molecule has 9 heteroatoms. The van der Waals surface area contributed by atoms with Gasteiger partial charge in [0, 0.05) is 12.1 Å². The van der Waals surface area contributed by atoms with E-state index in [9.17, 15) is 18.3 Å². The van der Waals surface area contributed by atoms with Crippen molar-refractivity contribution in [3.05, 3.63) is 46.8 Å². The van der Waals surface area contributed by atoms with Gasteiger partial charge < -0.3 is 10.0 Å². The van der Waals surface area contributed by atoms with Gasteiger partial charge in [-0.15, -0.1) is 0 Å². The van der Waals surface area contributed by atoms with E-state index in [4.69, 9.17) is 5.14 Å². The van der Waals surface area contributed by atoms with Crippen molar-refractivity contribution in [1.82, 2.24) is 14.7 Å². The molecule has 0 bridgehead atoms. The van der Waals surface area contributed by atoms with Gasteiger partial charge in [-0.25, -0.2) is 13.6 Å². The van der Waals surface area contributed by atoms with Crippen LogP contribution < -0.4 is 5.14 Å². The van der Waals surface area contributed by atoms with Gasteiger partial charge in [-0.1, -0.05) is 13.0 Å². The number of benzene rings is 1. The Hall–Kier alpha value is -2.23. The molecule has 3 N–H and O–H groups in total. The summed E-state index contributed by atoms with van der Waals surface area (Å²) in [6.07, 6.45) is -0.0514. The fraction of sp³-hybridized carbons (Fsp3) is 0.412. The summed E-state index contributed by atoms with van der Waals surface area (Å²) in [5.41, 5.74) is 2.44. The van der Waals surface area contributed by atoms with Gasteiger partial charge in [0.25, 0.3) is 5.91 Å². The van der Waals surface area contributed by atoms with Crippen LogP contribution >= 0.6 is 0 Å². The summed E-state index contributed by atoms with van der Waals surface area (Å²) in [6.45, 7) is 4.95. The summed E-state index contributed by atoms with van der Waals surface area (Å²) < 4.78 is 24.9. The molecule has 0 fully saturated rings. The Labute approximate surface area is 152 Å². The molecule has 1 atom stereocenters. The van der Waals surface area contributed by atoms with E-state index < -0.39 is 16.1 Å². The second-order valence-electron chi connectivity index (χ2n) is 6.46. The van der Waals surface area contributed by atoms with Gasteiger partial charge in [0.1, 0.15) is 0 Å². The minimum Gasteiger partial charge on any atom is -0.387 e. The van der Waals surface area contributed by atoms with Crippen molar-refractivity contribution in [2.45, 2.75) is 44.4 Å². The van der Waals surface area contributed by atoms with Crippen LogP contribution in [0, 0.1) is 6.92 Å². The van der Waals surface area contributed by atoms with Crippen LogP contribution in [0.3, 0.4) is 0 Å². The average molecular weight is 378 g/mol. The number of carbonyl (C=O) groups excluding carboxylic acids is 1. The highest BCUT2D eigenvalue weighted by molar-refractivity contribution is 7.89. The molecule has 1 aromatic heterocycles. The smallest absolute Gasteiger partial charge is 0.254 e. The molecule has 26 heavy (non-hydrogen) atoms. The Balaban J connectivity index is 1.87. The molecule has 1 unspecified atom stereocenters. The van der Waals surface area contributed by atoms with E-state index in [0.717, 1.165) is 5.69 Å². The summed E-state index contributed by atoms with van der Waals surface area (Å²) in [4.78, 5) is 14.5. The Kier molecular flexibility index (Phi) is 4.87. The molecule has 2 aromatic rings. The summed E-state index contributed by atoms with van der Waals surface area (Å²) >= 11 is 0. The summed E-state index contributed by atoms with van der Waals surface area (Å²) in [6, 6.07) is 6.11. The van der Waals surface area contributed by atoms with Gasteiger partial charge >= 0.3 is 0 Å². The second-order valence-corrected chi connectivity index (χ2v) is 8.02. The summed E-state index contributed by atoms with van der Waals surface area (Å²) in [5, 5.41) is 19.5. The number of aromatic nitrogens is 2. The number of aliphatic hydroxyl groups is 1. The van der Waals surface area contributed by atoms with Crippen LogP contribution in [-0.2, 0) is 23.1 Å². The number of nitrogens with zero attached hydrogens (tertiary/aromatic N) is 3. The largest absolute Gasteiger partial charge is 0.387 e. The zero-order valence-electron chi connectivity index (χ0n) is 14.7. The highest BCUT2D eigenvalue weighted by Gasteiger charge is 2.26. The number of hydrogen-bond acceptors (Lipinski definition) is 5. The van der Waals surface area contributed by atoms with Crippen LogP contribution in [0.1, 0.15) is 46.8 Å². The van der Waals surface area contributed by atoms with Crippen molar-refractivity contribution in [2.75, 3.05) is 6.54 Å². The van der Waals surface area contributed by atoms with Crippen molar-refractivity contribution in [3.63, 3.8) is 0 Å². The topological polar surface area (TPSA) is 119 Å². The molecule has 1 aromatic carbocycles. The molecule has 140 valence electrons. The number of nitrogens with two attached hydrogens (primary N) is 1. The van der Waals surface area contributed by atoms with Crippen LogP contribution in [0.4, 0.5) is 0 Å². The predicted molar refractivity (Wildman–Crippen MR) is 94.8 cm³/mol. The fourth-order valence-electron chi connectivity index (χ4n) is 3.01. The second kappa shape index (κ2) is 6.82. The van der Waals surface area contributed by atoms with E-state index in [1.165, 1.54) is 12.1 Å². The molecular weight excluding hydrogens is 356 g/mol. The zero-order valence-corrected chi connectivity index (χ0v) is 15.5. The number of aliphatic hydroxyl groups excluding tert-OH is 1. The number of rotatable bonds is 4. The van der Waals surface area contributed by atoms with Crippen LogP contribution in [0.2, 0.25) is 0 Å². The third-order valence-electron chi connectivity index (χ3n) is 4.60. The lowest BCUT2D eigenvalue weighted by molar-refractivity contribution is 0.0704. The average Bonchev–Trinajstić information content (AvgIpc) is 3.03. The molecule has 0 saturated heterocycles. The number of aryl methyl sites for hydroxylation is 1. The highest BCUT2D eigenvalue weighted by Crippen LogP contribution is 2.23. The first-order valence-corrected chi connectivity index (χ1v) is 9.92. The van der Waals surface area contributed by atoms with Crippen molar-refractivity contribution in [2.24, 2.45) is 5.14 Å². The molecule has 3 rings (SSSR count). The SMILES string of the molecule is CCC(O)c1cc2n(n1)CCN(C(=O)c1cc(S(N)(=O)=O)ccc1C)C2. The molecule has 0 radical (unpaired) electrons. The standard InChI is InChI=1S/C17H22N4O4S/c1-3-16(22)15-8-12-10-20(6-7-21(12)19-15)17(23)14-9-13(26(18,24)25)5-4-11(14)2/h4-5,8-9,16,22H,3,6-7,10H2,1-2H3,(H2,18,24,25). The summed E-state index contributed by atoms with van der Waals surface area (Å²) in [7, 11) is -3.88. The molecule has 8 nitrogen and oxygen atoms in total. The number of hydrogen-bond donors (Lipinski definition) is 2. The van der Waals surface area contributed by atoms with Gasteiger partial charge in [-0.2, -0.15) is 5.10 Å². The Bertz CT molecular complexity index is 952. The molecule has 0 aliphatic carbocycles. The maximum Gasteiger partial charge on any atom is 0.254 e. The molecule has 0 spiro atoms. The van der Waals surface area contributed by atoms with Crippen molar-refractivity contribution < 1.29 is 18.3 Å². The molecule has 0 saturated carbocycles. The molecule has 1 aliphatic rings. The first kappa shape index (κ1) is 18.6. The normalized spacial score (nSPS) is 15.6. The van der Waals surface area contributed by atoms with Crippen LogP contribution in [-0.4, -0.2) is 40.7 Å². The third-order valence-corrected chi connectivity index (χ3v) is 5.51. The molecular formula is C17H22N4O4S. The lowest BCUT2D eigenvalue weighted by Crippen LogP contribution is -2.38. The van der Waals surface area contributed by atoms with Gasteiger partial charge in [0.15, 0.2) is 0 Å².